The number of hydrogen-bond donors (Lipinski definition) is 3. The Kier molecular flexibility index (Phi) is 43.0. The molecule has 13 rings (SSSR count). The van der Waals surface area contributed by atoms with E-state index < -0.39 is 29.7 Å². The summed E-state index contributed by atoms with van der Waals surface area (Å²) in [6.45, 7) is 34.7. The molecule has 0 bridgehead atoms. The summed E-state index contributed by atoms with van der Waals surface area (Å²) in [4.78, 5) is 130. The number of carboxylic acids is 1. The van der Waals surface area contributed by atoms with Crippen molar-refractivity contribution in [1.29, 1.82) is 0 Å². The molecule has 4 amide bonds. The van der Waals surface area contributed by atoms with Crippen molar-refractivity contribution in [2.24, 2.45) is 69.0 Å². The molecule has 0 atom stereocenters. The van der Waals surface area contributed by atoms with Crippen LogP contribution in [0.15, 0.2) is 24.3 Å². The fourth-order valence-electron chi connectivity index (χ4n) is 19.1. The summed E-state index contributed by atoms with van der Waals surface area (Å²) in [5.74, 6) is 25.8. The maximum atomic E-state index is 14.1. The number of amides is 4. The number of carboxylic acid groups (broad SMARTS) is 1. The number of nitrogens with zero attached hydrogens (tertiary/aromatic N) is 4. The second kappa shape index (κ2) is 50.6. The molecule has 9 aliphatic rings. The number of aliphatic hydroxyl groups is 2. The Hall–Kier alpha value is -6.90. The first-order valence-electron chi connectivity index (χ1n) is 48.0. The highest BCUT2D eigenvalue weighted by Gasteiger charge is 2.47. The molecule has 133 heavy (non-hydrogen) atoms. The largest absolute Gasteiger partial charge is 0.477 e. The van der Waals surface area contributed by atoms with E-state index in [1.165, 1.54) is 55.3 Å². The second-order valence-electron chi connectivity index (χ2n) is 42.3. The van der Waals surface area contributed by atoms with Gasteiger partial charge in [0.05, 0.1) is 89.0 Å². The molecule has 3 N–H and O–H groups in total. The van der Waals surface area contributed by atoms with Crippen LogP contribution >= 0.6 is 69.3 Å². The maximum Gasteiger partial charge on any atom is 0.350 e. The summed E-state index contributed by atoms with van der Waals surface area (Å²) in [6, 6.07) is 7.29. The lowest BCUT2D eigenvalue weighted by Crippen LogP contribution is -2.49. The number of thiophene rings is 4. The Balaban J connectivity index is 0.000000272. The average Bonchev–Trinajstić information content (AvgIpc) is 1.67. The monoisotopic (exact) mass is 2020 g/mol. The Morgan fingerprint density at radius 1 is 0.376 bits per heavy atom. The molecular formula is C106H153BIN4O17S4. The zero-order valence-electron chi connectivity index (χ0n) is 81.9. The van der Waals surface area contributed by atoms with Crippen LogP contribution in [0.25, 0.3) is 0 Å². The summed E-state index contributed by atoms with van der Waals surface area (Å²) in [5, 5.41) is 29.9. The number of aromatic carboxylic acids is 1. The fraction of sp³-hybridized carbons (Fsp3) is 0.689. The summed E-state index contributed by atoms with van der Waals surface area (Å²) in [7, 11) is 4.12. The first-order chi connectivity index (χ1) is 61.3. The average molecular weight is 2020 g/mol. The van der Waals surface area contributed by atoms with Crippen molar-refractivity contribution < 1.29 is 83.6 Å². The number of carbonyl (C=O) groups excluding carboxylic acids is 8. The molecule has 4 aromatic heterocycles. The number of methoxy groups -OCH3 is 3. The van der Waals surface area contributed by atoms with Gasteiger partial charge in [0, 0.05) is 105 Å². The van der Waals surface area contributed by atoms with Gasteiger partial charge in [0.15, 0.2) is 5.79 Å². The minimum atomic E-state index is -1.02. The number of rotatable bonds is 16. The first-order valence-corrected chi connectivity index (χ1v) is 51.2. The first kappa shape index (κ1) is 113. The molecule has 8 aliphatic carbocycles. The third-order valence-electron chi connectivity index (χ3n) is 26.7. The summed E-state index contributed by atoms with van der Waals surface area (Å²) in [5.41, 5.74) is 1.67. The molecule has 21 nitrogen and oxygen atoms in total. The predicted molar refractivity (Wildman–Crippen MR) is 549 cm³/mol. The van der Waals surface area contributed by atoms with Crippen LogP contribution in [0.1, 0.15) is 383 Å². The molecule has 1 spiro atoms. The van der Waals surface area contributed by atoms with E-state index in [-0.39, 0.29) is 157 Å². The van der Waals surface area contributed by atoms with Crippen molar-refractivity contribution in [3.8, 4) is 47.4 Å². The Labute approximate surface area is 830 Å². The van der Waals surface area contributed by atoms with Gasteiger partial charge in [-0.1, -0.05) is 82.5 Å². The second-order valence-corrected chi connectivity index (χ2v) is 46.5. The smallest absolute Gasteiger partial charge is 0.350 e. The van der Waals surface area contributed by atoms with E-state index in [4.69, 9.17) is 23.7 Å². The van der Waals surface area contributed by atoms with Gasteiger partial charge in [0.1, 0.15) is 25.3 Å². The minimum absolute atomic E-state index is 0. The van der Waals surface area contributed by atoms with E-state index >= 15 is 0 Å². The summed E-state index contributed by atoms with van der Waals surface area (Å²) >= 11 is 5.05. The molecule has 8 saturated carbocycles. The van der Waals surface area contributed by atoms with Crippen LogP contribution in [0.4, 0.5) is 22.7 Å². The third-order valence-corrected chi connectivity index (χ3v) is 30.8. The number of aliphatic hydroxyl groups excluding tert-OH is 2. The number of hydrogen-bond acceptors (Lipinski definition) is 20. The number of anilines is 4. The number of ketones is 1. The highest BCUT2D eigenvalue weighted by atomic mass is 127. The van der Waals surface area contributed by atoms with Crippen LogP contribution in [0, 0.1) is 116 Å². The van der Waals surface area contributed by atoms with Crippen molar-refractivity contribution in [2.45, 2.75) is 366 Å². The number of esters is 3. The van der Waals surface area contributed by atoms with Gasteiger partial charge >= 0.3 is 23.9 Å². The number of ether oxygens (including phenoxy) is 5. The van der Waals surface area contributed by atoms with E-state index in [0.29, 0.717) is 143 Å². The molecule has 9 fully saturated rings. The maximum absolute atomic E-state index is 14.1. The SMILES string of the molecule is C.CC1CCC(C(=O)N(c2cc(C#CC(C)(C)C)sc2C(=O)O)C2CCC(O)CC2)CC1.COC(=O)c1sc(C#CC(C)(C)C)cc1N(C(=O)C1CCC(C)CC1)C1CCC(=O)CC1.COC(=O)c1sc(C#CC(C)(C)C)cc1N(C(=O)C1CCC(C)CC1)C1CCC(O)CC1.COC(=O)c1sc(C#CC(C)(C)C)cc1N(C(=O)C1CCC(C)CC1)C1CCC2(CC1)OCCO2.I.[2HH].[B]. The van der Waals surface area contributed by atoms with Gasteiger partial charge in [-0.15, -0.1) is 69.3 Å². The lowest BCUT2D eigenvalue weighted by molar-refractivity contribution is -0.179. The third kappa shape index (κ3) is 32.3. The highest BCUT2D eigenvalue weighted by Crippen LogP contribution is 2.47. The number of carbonyl (C=O) groups is 9. The van der Waals surface area contributed by atoms with Crippen molar-refractivity contribution in [3.05, 3.63) is 63.3 Å². The van der Waals surface area contributed by atoms with Crippen molar-refractivity contribution >= 4 is 154 Å². The van der Waals surface area contributed by atoms with Crippen LogP contribution in [0.2, 0.25) is 0 Å². The molecule has 0 aromatic carbocycles. The van der Waals surface area contributed by atoms with E-state index in [1.54, 1.807) is 11.0 Å². The normalized spacial score (nSPS) is 24.3. The van der Waals surface area contributed by atoms with Crippen LogP contribution < -0.4 is 19.6 Å². The standard InChI is InChI=1S/C28H39NO5S.C26H37NO4S.C26H35NO4S.C25H35NO4S.CH4.B.HI.H2/c1-19-6-8-20(9-7-19)25(30)29(21-10-14-28(15-11-21)33-16-17-34-28)23-18-22(12-13-27(2,3)4)35-24(23)26(31)32-5;2*1-17-6-8-18(9-7-17)24(29)27(19-10-12-20(28)13-11-19)22-16-21(14-15-26(2,3)4)32-23(22)25(30)31-5;1-16-5-7-17(8-6-16)23(28)26(18-9-11-19(27)12-10-18)21-15-20(13-14-25(2,3)4)31-22(21)24(29)30;;;;/h18-21H,6-11,14-17H2,1-5H3;16-20,28H,6-13H2,1-5H3;16-19H,6-13H2,1-5H3;15-19,27H,5-12H2,1-4H3,(H,29,30);1H4;;2*1H/i;;;;;;;1+1. The Morgan fingerprint density at radius 3 is 0.835 bits per heavy atom. The predicted octanol–water partition coefficient (Wildman–Crippen LogP) is 23.2. The van der Waals surface area contributed by atoms with Gasteiger partial charge in [-0.25, -0.2) is 19.2 Å². The molecule has 3 radical (unpaired) electrons. The zero-order valence-corrected chi connectivity index (χ0v) is 87.5. The van der Waals surface area contributed by atoms with Gasteiger partial charge in [0.25, 0.3) is 0 Å². The van der Waals surface area contributed by atoms with E-state index in [2.05, 4.69) is 95.8 Å². The molecule has 4 aromatic rings. The Bertz CT molecular complexity index is 4840. The fourth-order valence-corrected chi connectivity index (χ4v) is 22.7. The van der Waals surface area contributed by atoms with E-state index in [0.717, 1.165) is 167 Å². The highest BCUT2D eigenvalue weighted by molar-refractivity contribution is 14.0. The van der Waals surface area contributed by atoms with Gasteiger partial charge in [0.2, 0.25) is 23.6 Å². The van der Waals surface area contributed by atoms with Crippen molar-refractivity contribution in [2.75, 3.05) is 54.1 Å². The molecular weight excluding hydrogens is 1870 g/mol. The molecule has 1 saturated heterocycles. The topological polar surface area (TPSA) is 273 Å². The number of halogens is 1. The van der Waals surface area contributed by atoms with Crippen LogP contribution in [-0.2, 0) is 47.7 Å². The Morgan fingerprint density at radius 2 is 0.602 bits per heavy atom. The van der Waals surface area contributed by atoms with Crippen molar-refractivity contribution in [1.82, 2.24) is 0 Å². The molecule has 1 aliphatic heterocycles. The lowest BCUT2D eigenvalue weighted by atomic mass is 9.81. The van der Waals surface area contributed by atoms with E-state index in [1.807, 2.05) is 95.2 Å². The van der Waals surface area contributed by atoms with Gasteiger partial charge in [-0.2, -0.15) is 0 Å². The molecule has 5 heterocycles. The molecule has 0 unspecified atom stereocenters. The van der Waals surface area contributed by atoms with E-state index in [9.17, 15) is 58.5 Å². The quantitative estimate of drug-likeness (QED) is 0.0309. The van der Waals surface area contributed by atoms with Crippen LogP contribution in [-0.4, -0.2) is 154 Å². The summed E-state index contributed by atoms with van der Waals surface area (Å²) < 4.78 is 27.1. The molecule has 733 valence electrons. The summed E-state index contributed by atoms with van der Waals surface area (Å²) in [6.07, 6.45) is 25.5. The van der Waals surface area contributed by atoms with Gasteiger partial charge < -0.3 is 58.6 Å². The van der Waals surface area contributed by atoms with Gasteiger partial charge in [-0.05, 0) is 311 Å². The van der Waals surface area contributed by atoms with Crippen molar-refractivity contribution in [3.63, 3.8) is 0 Å². The minimum Gasteiger partial charge on any atom is -0.477 e. The number of Topliss-reactive ketones (excluding diaryl/α,β-unsaturated/α-hetero) is 1. The van der Waals surface area contributed by atoms with Crippen LogP contribution in [0.3, 0.4) is 0 Å². The zero-order chi connectivity index (χ0) is 94.9. The molecule has 27 heteroatoms. The lowest BCUT2D eigenvalue weighted by Gasteiger charge is -2.42. The van der Waals surface area contributed by atoms with Crippen LogP contribution in [0.5, 0.6) is 0 Å². The van der Waals surface area contributed by atoms with Gasteiger partial charge in [-0.3, -0.25) is 24.0 Å².